The molecule has 1 aromatic carbocycles. The molecule has 0 spiro atoms. The topological polar surface area (TPSA) is 35.5 Å². The molecule has 0 aliphatic rings. The van der Waals surface area contributed by atoms with Crippen molar-refractivity contribution in [2.24, 2.45) is 5.92 Å². The molecule has 3 nitrogen and oxygen atoms in total. The molecule has 106 valence electrons. The highest BCUT2D eigenvalue weighted by atomic mass is 16.5. The van der Waals surface area contributed by atoms with Gasteiger partial charge in [-0.1, -0.05) is 31.5 Å². The summed E-state index contributed by atoms with van der Waals surface area (Å²) in [7, 11) is 1.66. The Kier molecular flexibility index (Phi) is 5.87. The van der Waals surface area contributed by atoms with Gasteiger partial charge < -0.3 is 9.47 Å². The first-order valence-corrected chi connectivity index (χ1v) is 6.79. The second-order valence-electron chi connectivity index (χ2n) is 5.11. The summed E-state index contributed by atoms with van der Waals surface area (Å²) in [6, 6.07) is 6.08. The first kappa shape index (κ1) is 15.5. The lowest BCUT2D eigenvalue weighted by Gasteiger charge is -2.23. The summed E-state index contributed by atoms with van der Waals surface area (Å²) in [6.07, 6.45) is 0.394. The third-order valence-electron chi connectivity index (χ3n) is 3.28. The molecule has 0 aliphatic carbocycles. The van der Waals surface area contributed by atoms with Crippen molar-refractivity contribution >= 4 is 5.97 Å². The average Bonchev–Trinajstić information content (AvgIpc) is 2.36. The molecule has 0 heterocycles. The number of aryl methyl sites for hydroxylation is 1. The van der Waals surface area contributed by atoms with Gasteiger partial charge in [0, 0.05) is 5.92 Å². The van der Waals surface area contributed by atoms with Crippen LogP contribution in [0.3, 0.4) is 0 Å². The normalized spacial score (nSPS) is 12.3. The molecule has 0 aliphatic heterocycles. The zero-order valence-electron chi connectivity index (χ0n) is 12.5. The summed E-state index contributed by atoms with van der Waals surface area (Å²) in [6.45, 7) is 8.53. The lowest BCUT2D eigenvalue weighted by molar-refractivity contribution is -0.143. The molecule has 0 fully saturated rings. The Balaban J connectivity index is 3.04. The van der Waals surface area contributed by atoms with Gasteiger partial charge in [0.1, 0.15) is 5.75 Å². The Morgan fingerprint density at radius 3 is 2.53 bits per heavy atom. The van der Waals surface area contributed by atoms with Crippen molar-refractivity contribution in [3.05, 3.63) is 29.3 Å². The SMILES string of the molecule is CCOC(=O)CC(c1cc(C)ccc1OC)C(C)C. The fraction of sp³-hybridized carbons (Fsp3) is 0.562. The molecule has 0 amide bonds. The molecule has 0 saturated carbocycles. The van der Waals surface area contributed by atoms with Crippen molar-refractivity contribution in [2.75, 3.05) is 13.7 Å². The number of carbonyl (C=O) groups is 1. The molecule has 19 heavy (non-hydrogen) atoms. The van der Waals surface area contributed by atoms with Crippen molar-refractivity contribution < 1.29 is 14.3 Å². The van der Waals surface area contributed by atoms with Gasteiger partial charge in [-0.05, 0) is 31.4 Å². The van der Waals surface area contributed by atoms with Crippen LogP contribution in [0.1, 0.15) is 44.2 Å². The molecule has 0 aromatic heterocycles. The second-order valence-corrected chi connectivity index (χ2v) is 5.11. The van der Waals surface area contributed by atoms with Gasteiger partial charge in [0.25, 0.3) is 0 Å². The van der Waals surface area contributed by atoms with Gasteiger partial charge in [-0.15, -0.1) is 0 Å². The third kappa shape index (κ3) is 4.27. The van der Waals surface area contributed by atoms with E-state index in [1.54, 1.807) is 7.11 Å². The highest BCUT2D eigenvalue weighted by Crippen LogP contribution is 2.35. The number of hydrogen-bond acceptors (Lipinski definition) is 3. The lowest BCUT2D eigenvalue weighted by Crippen LogP contribution is -2.15. The summed E-state index contributed by atoms with van der Waals surface area (Å²) in [4.78, 5) is 11.8. The monoisotopic (exact) mass is 264 g/mol. The largest absolute Gasteiger partial charge is 0.496 e. The predicted octanol–water partition coefficient (Wildman–Crippen LogP) is 3.70. The maximum atomic E-state index is 11.8. The Morgan fingerprint density at radius 1 is 1.32 bits per heavy atom. The number of carbonyl (C=O) groups excluding carboxylic acids is 1. The van der Waals surface area contributed by atoms with Crippen LogP contribution < -0.4 is 4.74 Å². The van der Waals surface area contributed by atoms with E-state index in [1.165, 1.54) is 5.56 Å². The van der Waals surface area contributed by atoms with Crippen molar-refractivity contribution in [1.29, 1.82) is 0 Å². The van der Waals surface area contributed by atoms with E-state index >= 15 is 0 Å². The van der Waals surface area contributed by atoms with Crippen LogP contribution in [-0.2, 0) is 9.53 Å². The highest BCUT2D eigenvalue weighted by Gasteiger charge is 2.23. The van der Waals surface area contributed by atoms with E-state index in [-0.39, 0.29) is 11.9 Å². The van der Waals surface area contributed by atoms with Crippen molar-refractivity contribution in [3.63, 3.8) is 0 Å². The smallest absolute Gasteiger partial charge is 0.306 e. The lowest BCUT2D eigenvalue weighted by atomic mass is 9.84. The van der Waals surface area contributed by atoms with Gasteiger partial charge in [0.15, 0.2) is 0 Å². The van der Waals surface area contributed by atoms with Crippen LogP contribution in [0.25, 0.3) is 0 Å². The molecule has 3 heteroatoms. The van der Waals surface area contributed by atoms with Crippen LogP contribution in [0.2, 0.25) is 0 Å². The molecule has 1 rings (SSSR count). The highest BCUT2D eigenvalue weighted by molar-refractivity contribution is 5.71. The van der Waals surface area contributed by atoms with E-state index in [0.29, 0.717) is 18.9 Å². The minimum atomic E-state index is -0.148. The van der Waals surface area contributed by atoms with Crippen LogP contribution in [0.15, 0.2) is 18.2 Å². The fourth-order valence-electron chi connectivity index (χ4n) is 2.25. The van der Waals surface area contributed by atoms with Crippen LogP contribution in [0.5, 0.6) is 5.75 Å². The minimum absolute atomic E-state index is 0.119. The Morgan fingerprint density at radius 2 is 2.00 bits per heavy atom. The van der Waals surface area contributed by atoms with Crippen molar-refractivity contribution in [1.82, 2.24) is 0 Å². The molecule has 1 aromatic rings. The van der Waals surface area contributed by atoms with Crippen LogP contribution in [0, 0.1) is 12.8 Å². The molecule has 0 saturated heterocycles. The van der Waals surface area contributed by atoms with Gasteiger partial charge in [-0.2, -0.15) is 0 Å². The van der Waals surface area contributed by atoms with E-state index in [4.69, 9.17) is 9.47 Å². The van der Waals surface area contributed by atoms with Gasteiger partial charge >= 0.3 is 5.97 Å². The van der Waals surface area contributed by atoms with Crippen molar-refractivity contribution in [2.45, 2.75) is 40.0 Å². The maximum absolute atomic E-state index is 11.8. The second kappa shape index (κ2) is 7.17. The number of esters is 1. The number of hydrogen-bond donors (Lipinski definition) is 0. The van der Waals surface area contributed by atoms with Crippen LogP contribution in [0.4, 0.5) is 0 Å². The first-order valence-electron chi connectivity index (χ1n) is 6.79. The number of ether oxygens (including phenoxy) is 2. The van der Waals surface area contributed by atoms with Crippen molar-refractivity contribution in [3.8, 4) is 5.75 Å². The molecule has 1 unspecified atom stereocenters. The molecular formula is C16H24O3. The van der Waals surface area contributed by atoms with Crippen LogP contribution in [-0.4, -0.2) is 19.7 Å². The standard InChI is InChI=1S/C16H24O3/c1-6-19-16(17)10-13(11(2)3)14-9-12(4)7-8-15(14)18-5/h7-9,11,13H,6,10H2,1-5H3. The quantitative estimate of drug-likeness (QED) is 0.735. The summed E-state index contributed by atoms with van der Waals surface area (Å²) < 4.78 is 10.5. The summed E-state index contributed by atoms with van der Waals surface area (Å²) in [5, 5.41) is 0. The molecule has 0 radical (unpaired) electrons. The van der Waals surface area contributed by atoms with Gasteiger partial charge in [-0.25, -0.2) is 0 Å². The Bertz CT molecular complexity index is 424. The Labute approximate surface area is 115 Å². The average molecular weight is 264 g/mol. The molecule has 0 N–H and O–H groups in total. The zero-order chi connectivity index (χ0) is 14.4. The summed E-state index contributed by atoms with van der Waals surface area (Å²) >= 11 is 0. The summed E-state index contributed by atoms with van der Waals surface area (Å²) in [5.74, 6) is 1.16. The molecular weight excluding hydrogens is 240 g/mol. The van der Waals surface area contributed by atoms with Gasteiger partial charge in [0.2, 0.25) is 0 Å². The van der Waals surface area contributed by atoms with E-state index in [1.807, 2.05) is 26.0 Å². The number of methoxy groups -OCH3 is 1. The van der Waals surface area contributed by atoms with E-state index < -0.39 is 0 Å². The van der Waals surface area contributed by atoms with Gasteiger partial charge in [-0.3, -0.25) is 4.79 Å². The van der Waals surface area contributed by atoms with E-state index in [0.717, 1.165) is 11.3 Å². The predicted molar refractivity (Wildman–Crippen MR) is 76.6 cm³/mol. The zero-order valence-corrected chi connectivity index (χ0v) is 12.5. The minimum Gasteiger partial charge on any atom is -0.496 e. The summed E-state index contributed by atoms with van der Waals surface area (Å²) in [5.41, 5.74) is 2.26. The maximum Gasteiger partial charge on any atom is 0.306 e. The molecule has 1 atom stereocenters. The van der Waals surface area contributed by atoms with E-state index in [2.05, 4.69) is 19.9 Å². The van der Waals surface area contributed by atoms with Gasteiger partial charge in [0.05, 0.1) is 20.1 Å². The van der Waals surface area contributed by atoms with E-state index in [9.17, 15) is 4.79 Å². The van der Waals surface area contributed by atoms with Crippen LogP contribution >= 0.6 is 0 Å². The number of rotatable bonds is 6. The number of benzene rings is 1. The third-order valence-corrected chi connectivity index (χ3v) is 3.28. The molecule has 0 bridgehead atoms. The first-order chi connectivity index (χ1) is 8.99. The fourth-order valence-corrected chi connectivity index (χ4v) is 2.25. The Hall–Kier alpha value is -1.51.